The van der Waals surface area contributed by atoms with Crippen LogP contribution in [0.25, 0.3) is 0 Å². The fraction of sp³-hybridized carbons (Fsp3) is 0.276. The molecule has 0 saturated carbocycles. The van der Waals surface area contributed by atoms with Crippen molar-refractivity contribution in [1.29, 1.82) is 0 Å². The predicted octanol–water partition coefficient (Wildman–Crippen LogP) is 5.11. The molecule has 0 aliphatic carbocycles. The van der Waals surface area contributed by atoms with Crippen LogP contribution in [0.3, 0.4) is 0 Å². The van der Waals surface area contributed by atoms with Crippen molar-refractivity contribution in [3.8, 4) is 0 Å². The van der Waals surface area contributed by atoms with Crippen LogP contribution < -0.4 is 10.6 Å². The van der Waals surface area contributed by atoms with Gasteiger partial charge in [0.25, 0.3) is 0 Å². The van der Waals surface area contributed by atoms with Gasteiger partial charge in [-0.15, -0.1) is 0 Å². The number of amides is 3. The van der Waals surface area contributed by atoms with Crippen LogP contribution in [0.1, 0.15) is 48.1 Å². The molecule has 7 nitrogen and oxygen atoms in total. The molecule has 3 aromatic rings. The van der Waals surface area contributed by atoms with E-state index in [9.17, 15) is 14.4 Å². The number of anilines is 1. The molecule has 3 amide bonds. The van der Waals surface area contributed by atoms with E-state index in [1.807, 2.05) is 68.4 Å². The Morgan fingerprint density at radius 3 is 2.42 bits per heavy atom. The molecule has 0 radical (unpaired) electrons. The average molecular weight is 486 g/mol. The third-order valence-corrected chi connectivity index (χ3v) is 6.11. The van der Waals surface area contributed by atoms with E-state index in [1.165, 1.54) is 4.90 Å². The third kappa shape index (κ3) is 6.10. The summed E-state index contributed by atoms with van der Waals surface area (Å²) in [7, 11) is 0. The zero-order valence-electron chi connectivity index (χ0n) is 20.6. The minimum atomic E-state index is -0.871. The monoisotopic (exact) mass is 485 g/mol. The lowest BCUT2D eigenvalue weighted by atomic mass is 9.99. The van der Waals surface area contributed by atoms with Crippen LogP contribution >= 0.6 is 0 Å². The average Bonchev–Trinajstić information content (AvgIpc) is 3.20. The van der Waals surface area contributed by atoms with E-state index in [0.717, 1.165) is 23.1 Å². The van der Waals surface area contributed by atoms with Gasteiger partial charge in [-0.2, -0.15) is 0 Å². The number of cyclic esters (lactones) is 1. The van der Waals surface area contributed by atoms with Crippen LogP contribution in [-0.2, 0) is 27.4 Å². The molecule has 36 heavy (non-hydrogen) atoms. The number of hydrogen-bond donors (Lipinski definition) is 2. The van der Waals surface area contributed by atoms with Crippen LogP contribution in [0.4, 0.5) is 10.5 Å². The molecule has 0 bridgehead atoms. The normalized spacial score (nSPS) is 16.9. The van der Waals surface area contributed by atoms with Gasteiger partial charge in [-0.3, -0.25) is 14.5 Å². The quantitative estimate of drug-likeness (QED) is 0.441. The fourth-order valence-electron chi connectivity index (χ4n) is 4.23. The zero-order chi connectivity index (χ0) is 25.5. The molecule has 1 saturated heterocycles. The van der Waals surface area contributed by atoms with Gasteiger partial charge in [-0.25, -0.2) is 4.79 Å². The number of carbonyl (C=O) groups is 3. The lowest BCUT2D eigenvalue weighted by molar-refractivity contribution is -0.126. The molecule has 186 valence electrons. The second-order valence-corrected chi connectivity index (χ2v) is 8.99. The number of nitrogens with zero attached hydrogens (tertiary/aromatic N) is 1. The first-order chi connectivity index (χ1) is 17.4. The highest BCUT2D eigenvalue weighted by molar-refractivity contribution is 5.91. The Morgan fingerprint density at radius 2 is 1.69 bits per heavy atom. The Balaban J connectivity index is 1.60. The van der Waals surface area contributed by atoms with E-state index in [0.29, 0.717) is 24.2 Å². The summed E-state index contributed by atoms with van der Waals surface area (Å²) in [6, 6.07) is 23.7. The number of nitrogens with one attached hydrogen (secondary N) is 2. The van der Waals surface area contributed by atoms with Crippen LogP contribution in [-0.4, -0.2) is 28.8 Å². The molecular weight excluding hydrogens is 454 g/mol. The molecule has 7 heteroatoms. The van der Waals surface area contributed by atoms with Gasteiger partial charge in [0, 0.05) is 18.7 Å². The second-order valence-electron chi connectivity index (χ2n) is 8.99. The molecule has 0 unspecified atom stereocenters. The lowest BCUT2D eigenvalue weighted by Gasteiger charge is -2.24. The molecule has 0 spiro atoms. The maximum absolute atomic E-state index is 13.5. The van der Waals surface area contributed by atoms with Gasteiger partial charge in [0.1, 0.15) is 0 Å². The molecule has 2 N–H and O–H groups in total. The van der Waals surface area contributed by atoms with Crippen LogP contribution in [0.5, 0.6) is 0 Å². The molecule has 2 atom stereocenters. The number of ether oxygens (including phenoxy) is 1. The van der Waals surface area contributed by atoms with Crippen molar-refractivity contribution in [2.24, 2.45) is 0 Å². The SMILES string of the molecule is CCCC(=O)Nc1cccc([C@@H]2OC(=O)N(Cc3ccc(C)cc3)[C@@H]2C(=O)NCc2ccccc2)c1. The highest BCUT2D eigenvalue weighted by atomic mass is 16.6. The Morgan fingerprint density at radius 1 is 0.944 bits per heavy atom. The summed E-state index contributed by atoms with van der Waals surface area (Å²) < 4.78 is 5.76. The summed E-state index contributed by atoms with van der Waals surface area (Å²) in [5.41, 5.74) is 4.21. The Kier molecular flexibility index (Phi) is 8.00. The molecule has 1 heterocycles. The van der Waals surface area contributed by atoms with Crippen LogP contribution in [0.15, 0.2) is 78.9 Å². The summed E-state index contributed by atoms with van der Waals surface area (Å²) in [5, 5.41) is 5.84. The first-order valence-electron chi connectivity index (χ1n) is 12.2. The van der Waals surface area contributed by atoms with Gasteiger partial charge >= 0.3 is 6.09 Å². The minimum Gasteiger partial charge on any atom is -0.438 e. The summed E-state index contributed by atoms with van der Waals surface area (Å²) >= 11 is 0. The summed E-state index contributed by atoms with van der Waals surface area (Å²) in [6.45, 7) is 4.51. The third-order valence-electron chi connectivity index (χ3n) is 6.11. The minimum absolute atomic E-state index is 0.0868. The molecular formula is C29H31N3O4. The van der Waals surface area contributed by atoms with Crippen molar-refractivity contribution in [1.82, 2.24) is 10.2 Å². The number of benzene rings is 3. The predicted molar refractivity (Wildman–Crippen MR) is 138 cm³/mol. The Bertz CT molecular complexity index is 1210. The molecule has 0 aromatic heterocycles. The van der Waals surface area contributed by atoms with Crippen LogP contribution in [0, 0.1) is 6.92 Å². The number of aryl methyl sites for hydroxylation is 1. The molecule has 4 rings (SSSR count). The highest BCUT2D eigenvalue weighted by Gasteiger charge is 2.47. The van der Waals surface area contributed by atoms with E-state index in [4.69, 9.17) is 4.74 Å². The van der Waals surface area contributed by atoms with E-state index in [2.05, 4.69) is 10.6 Å². The molecule has 3 aromatic carbocycles. The maximum Gasteiger partial charge on any atom is 0.411 e. The molecule has 1 fully saturated rings. The maximum atomic E-state index is 13.5. The molecule has 1 aliphatic heterocycles. The van der Waals surface area contributed by atoms with Gasteiger partial charge in [-0.1, -0.05) is 79.2 Å². The smallest absolute Gasteiger partial charge is 0.411 e. The van der Waals surface area contributed by atoms with E-state index < -0.39 is 18.2 Å². The number of hydrogen-bond acceptors (Lipinski definition) is 4. The van der Waals surface area contributed by atoms with Crippen molar-refractivity contribution in [2.75, 3.05) is 5.32 Å². The first kappa shape index (κ1) is 25.0. The van der Waals surface area contributed by atoms with Crippen molar-refractivity contribution in [3.63, 3.8) is 0 Å². The van der Waals surface area contributed by atoms with E-state index in [-0.39, 0.29) is 18.4 Å². The summed E-state index contributed by atoms with van der Waals surface area (Å²) in [5.74, 6) is -0.390. The van der Waals surface area contributed by atoms with Gasteiger partial charge < -0.3 is 15.4 Å². The topological polar surface area (TPSA) is 87.7 Å². The zero-order valence-corrected chi connectivity index (χ0v) is 20.6. The van der Waals surface area contributed by atoms with Crippen molar-refractivity contribution >= 4 is 23.6 Å². The first-order valence-corrected chi connectivity index (χ1v) is 12.2. The van der Waals surface area contributed by atoms with Crippen LogP contribution in [0.2, 0.25) is 0 Å². The lowest BCUT2D eigenvalue weighted by Crippen LogP contribution is -2.46. The fourth-order valence-corrected chi connectivity index (χ4v) is 4.23. The van der Waals surface area contributed by atoms with E-state index in [1.54, 1.807) is 24.3 Å². The van der Waals surface area contributed by atoms with Gasteiger partial charge in [0.05, 0.1) is 6.54 Å². The molecule has 1 aliphatic rings. The van der Waals surface area contributed by atoms with Crippen molar-refractivity contribution in [3.05, 3.63) is 101 Å². The Labute approximate surface area is 211 Å². The summed E-state index contributed by atoms with van der Waals surface area (Å²) in [6.07, 6.45) is -0.219. The van der Waals surface area contributed by atoms with Crippen molar-refractivity contribution in [2.45, 2.75) is 51.9 Å². The van der Waals surface area contributed by atoms with Crippen molar-refractivity contribution < 1.29 is 19.1 Å². The standard InChI is InChI=1S/C29H31N3O4/c1-3-8-25(33)31-24-12-7-11-23(17-24)27-26(28(34)30-18-21-9-5-4-6-10-21)32(29(35)36-27)19-22-15-13-20(2)14-16-22/h4-7,9-17,26-27H,3,8,18-19H2,1-2H3,(H,30,34)(H,31,33)/t26-,27-/m0/s1. The summed E-state index contributed by atoms with van der Waals surface area (Å²) in [4.78, 5) is 40.1. The van der Waals surface area contributed by atoms with Gasteiger partial charge in [0.2, 0.25) is 11.8 Å². The number of rotatable bonds is 9. The van der Waals surface area contributed by atoms with Gasteiger partial charge in [0.15, 0.2) is 12.1 Å². The number of carbonyl (C=O) groups excluding carboxylic acids is 3. The van der Waals surface area contributed by atoms with E-state index >= 15 is 0 Å². The van der Waals surface area contributed by atoms with Gasteiger partial charge in [-0.05, 0) is 42.2 Å². The highest BCUT2D eigenvalue weighted by Crippen LogP contribution is 2.35. The Hall–Kier alpha value is -4.13. The largest absolute Gasteiger partial charge is 0.438 e. The second kappa shape index (κ2) is 11.5.